The van der Waals surface area contributed by atoms with Gasteiger partial charge in [-0.05, 0) is 32.6 Å². The molecule has 0 aromatic rings. The fourth-order valence-electron chi connectivity index (χ4n) is 1.94. The van der Waals surface area contributed by atoms with Crippen LogP contribution in [0.3, 0.4) is 0 Å². The van der Waals surface area contributed by atoms with Crippen LogP contribution in [-0.4, -0.2) is 47.2 Å². The normalized spacial score (nSPS) is 18.1. The number of hydrogen-bond acceptors (Lipinski definition) is 3. The van der Waals surface area contributed by atoms with Gasteiger partial charge in [0.25, 0.3) is 0 Å². The minimum absolute atomic E-state index is 0.389. The first-order chi connectivity index (χ1) is 7.90. The minimum Gasteiger partial charge on any atom is -0.480 e. The summed E-state index contributed by atoms with van der Waals surface area (Å²) in [6, 6.07) is 0.396. The Morgan fingerprint density at radius 1 is 1.29 bits per heavy atom. The first kappa shape index (κ1) is 14.5. The maximum atomic E-state index is 11.2. The molecule has 0 spiro atoms. The van der Waals surface area contributed by atoms with E-state index in [1.165, 1.54) is 0 Å². The Kier molecular flexibility index (Phi) is 5.40. The maximum Gasteiger partial charge on any atom is 0.322 e. The second kappa shape index (κ2) is 6.36. The summed E-state index contributed by atoms with van der Waals surface area (Å²) in [7, 11) is 0. The molecule has 1 unspecified atom stereocenters. The molecule has 0 aromatic carbocycles. The highest BCUT2D eigenvalue weighted by molar-refractivity contribution is 5.73. The van der Waals surface area contributed by atoms with Crippen LogP contribution in [-0.2, 0) is 4.79 Å². The van der Waals surface area contributed by atoms with E-state index in [1.807, 2.05) is 0 Å². The Labute approximate surface area is 104 Å². The highest BCUT2D eigenvalue weighted by atomic mass is 16.4. The third-order valence-electron chi connectivity index (χ3n) is 3.06. The van der Waals surface area contributed by atoms with Crippen LogP contribution in [0.2, 0.25) is 0 Å². The van der Waals surface area contributed by atoms with Crippen molar-refractivity contribution < 1.29 is 9.90 Å². The number of aliphatic carboxylic acids is 1. The lowest BCUT2D eigenvalue weighted by Gasteiger charge is -2.31. The number of carboxylic acid groups (broad SMARTS) is 1. The van der Waals surface area contributed by atoms with E-state index in [2.05, 4.69) is 37.9 Å². The molecular formula is C13H26N2O2. The minimum atomic E-state index is -0.730. The van der Waals surface area contributed by atoms with Gasteiger partial charge in [-0.25, -0.2) is 0 Å². The molecule has 0 radical (unpaired) electrons. The van der Waals surface area contributed by atoms with Crippen molar-refractivity contribution in [2.24, 2.45) is 5.92 Å². The Hall–Kier alpha value is -0.610. The zero-order chi connectivity index (χ0) is 13.0. The zero-order valence-corrected chi connectivity index (χ0v) is 11.4. The van der Waals surface area contributed by atoms with Crippen molar-refractivity contribution in [1.29, 1.82) is 0 Å². The summed E-state index contributed by atoms with van der Waals surface area (Å²) in [5.74, 6) is -0.168. The van der Waals surface area contributed by atoms with Gasteiger partial charge in [-0.2, -0.15) is 0 Å². The number of carbonyl (C=O) groups is 1. The molecular weight excluding hydrogens is 216 g/mol. The SMILES string of the molecule is CC(C)CN(CC(NC1CC1)C(=O)O)C(C)C. The van der Waals surface area contributed by atoms with Gasteiger partial charge in [-0.1, -0.05) is 13.8 Å². The molecule has 1 aliphatic carbocycles. The summed E-state index contributed by atoms with van der Waals surface area (Å²) in [4.78, 5) is 13.5. The number of rotatable bonds is 8. The molecule has 2 N–H and O–H groups in total. The molecule has 1 saturated carbocycles. The van der Waals surface area contributed by atoms with E-state index in [0.29, 0.717) is 24.5 Å². The summed E-state index contributed by atoms with van der Waals surface area (Å²) in [5, 5.41) is 12.4. The van der Waals surface area contributed by atoms with Gasteiger partial charge in [-0.3, -0.25) is 9.69 Å². The van der Waals surface area contributed by atoms with Crippen LogP contribution in [0.15, 0.2) is 0 Å². The molecule has 0 amide bonds. The second-order valence-electron chi connectivity index (χ2n) is 5.77. The molecule has 1 atom stereocenters. The number of carboxylic acids is 1. The smallest absolute Gasteiger partial charge is 0.322 e. The lowest BCUT2D eigenvalue weighted by molar-refractivity contribution is -0.140. The van der Waals surface area contributed by atoms with E-state index < -0.39 is 12.0 Å². The average molecular weight is 242 g/mol. The predicted molar refractivity (Wildman–Crippen MR) is 69.1 cm³/mol. The van der Waals surface area contributed by atoms with Crippen molar-refractivity contribution in [2.45, 2.75) is 58.7 Å². The van der Waals surface area contributed by atoms with E-state index in [9.17, 15) is 9.90 Å². The molecule has 0 aromatic heterocycles. The summed E-state index contributed by atoms with van der Waals surface area (Å²) in [6.45, 7) is 10.1. The fourth-order valence-corrected chi connectivity index (χ4v) is 1.94. The Morgan fingerprint density at radius 2 is 1.88 bits per heavy atom. The van der Waals surface area contributed by atoms with Crippen molar-refractivity contribution in [3.8, 4) is 0 Å². The Bertz CT molecular complexity index is 250. The van der Waals surface area contributed by atoms with E-state index in [4.69, 9.17) is 0 Å². The molecule has 0 saturated heterocycles. The lowest BCUT2D eigenvalue weighted by Crippen LogP contribution is -2.49. The largest absolute Gasteiger partial charge is 0.480 e. The molecule has 1 rings (SSSR count). The summed E-state index contributed by atoms with van der Waals surface area (Å²) in [6.07, 6.45) is 2.24. The lowest BCUT2D eigenvalue weighted by atomic mass is 10.1. The van der Waals surface area contributed by atoms with Crippen molar-refractivity contribution in [3.63, 3.8) is 0 Å². The van der Waals surface area contributed by atoms with Crippen LogP contribution in [0.1, 0.15) is 40.5 Å². The topological polar surface area (TPSA) is 52.6 Å². The highest BCUT2D eigenvalue weighted by Gasteiger charge is 2.30. The first-order valence-electron chi connectivity index (χ1n) is 6.63. The van der Waals surface area contributed by atoms with Gasteiger partial charge in [-0.15, -0.1) is 0 Å². The van der Waals surface area contributed by atoms with Crippen LogP contribution < -0.4 is 5.32 Å². The third-order valence-corrected chi connectivity index (χ3v) is 3.06. The summed E-state index contributed by atoms with van der Waals surface area (Å²) in [5.41, 5.74) is 0. The van der Waals surface area contributed by atoms with Crippen molar-refractivity contribution in [1.82, 2.24) is 10.2 Å². The van der Waals surface area contributed by atoms with Crippen molar-refractivity contribution >= 4 is 5.97 Å². The average Bonchev–Trinajstić information content (AvgIpc) is 2.98. The monoisotopic (exact) mass is 242 g/mol. The molecule has 1 fully saturated rings. The zero-order valence-electron chi connectivity index (χ0n) is 11.4. The quantitative estimate of drug-likeness (QED) is 0.678. The number of nitrogens with one attached hydrogen (secondary N) is 1. The molecule has 4 nitrogen and oxygen atoms in total. The van der Waals surface area contributed by atoms with E-state index in [0.717, 1.165) is 19.4 Å². The molecule has 0 heterocycles. The number of nitrogens with zero attached hydrogens (tertiary/aromatic N) is 1. The second-order valence-corrected chi connectivity index (χ2v) is 5.77. The van der Waals surface area contributed by atoms with E-state index >= 15 is 0 Å². The van der Waals surface area contributed by atoms with Gasteiger partial charge in [0.2, 0.25) is 0 Å². The molecule has 17 heavy (non-hydrogen) atoms. The van der Waals surface area contributed by atoms with Crippen LogP contribution in [0, 0.1) is 5.92 Å². The predicted octanol–water partition coefficient (Wildman–Crippen LogP) is 1.56. The number of hydrogen-bond donors (Lipinski definition) is 2. The van der Waals surface area contributed by atoms with Gasteiger partial charge in [0.1, 0.15) is 6.04 Å². The van der Waals surface area contributed by atoms with Crippen LogP contribution >= 0.6 is 0 Å². The van der Waals surface area contributed by atoms with Gasteiger partial charge < -0.3 is 10.4 Å². The van der Waals surface area contributed by atoms with Crippen molar-refractivity contribution in [3.05, 3.63) is 0 Å². The van der Waals surface area contributed by atoms with Crippen LogP contribution in [0.25, 0.3) is 0 Å². The third kappa shape index (κ3) is 5.50. The Balaban J connectivity index is 2.50. The molecule has 100 valence electrons. The van der Waals surface area contributed by atoms with Crippen LogP contribution in [0.5, 0.6) is 0 Å². The Morgan fingerprint density at radius 3 is 2.24 bits per heavy atom. The summed E-state index contributed by atoms with van der Waals surface area (Å²) >= 11 is 0. The summed E-state index contributed by atoms with van der Waals surface area (Å²) < 4.78 is 0. The van der Waals surface area contributed by atoms with E-state index in [-0.39, 0.29) is 0 Å². The standard InChI is InChI=1S/C13H26N2O2/c1-9(2)7-15(10(3)4)8-12(13(16)17)14-11-5-6-11/h9-12,14H,5-8H2,1-4H3,(H,16,17). The molecule has 0 bridgehead atoms. The van der Waals surface area contributed by atoms with E-state index in [1.54, 1.807) is 0 Å². The first-order valence-corrected chi connectivity index (χ1v) is 6.63. The van der Waals surface area contributed by atoms with Gasteiger partial charge in [0.15, 0.2) is 0 Å². The molecule has 4 heteroatoms. The molecule has 0 aliphatic heterocycles. The fraction of sp³-hybridized carbons (Fsp3) is 0.923. The van der Waals surface area contributed by atoms with Crippen LogP contribution in [0.4, 0.5) is 0 Å². The van der Waals surface area contributed by atoms with Gasteiger partial charge in [0.05, 0.1) is 0 Å². The molecule has 1 aliphatic rings. The maximum absolute atomic E-state index is 11.2. The van der Waals surface area contributed by atoms with Crippen molar-refractivity contribution in [2.75, 3.05) is 13.1 Å². The highest BCUT2D eigenvalue weighted by Crippen LogP contribution is 2.20. The van der Waals surface area contributed by atoms with Gasteiger partial charge in [0, 0.05) is 25.2 Å². The van der Waals surface area contributed by atoms with Gasteiger partial charge >= 0.3 is 5.97 Å².